The highest BCUT2D eigenvalue weighted by Gasteiger charge is 2.60. The van der Waals surface area contributed by atoms with Crippen molar-refractivity contribution in [1.82, 2.24) is 20.1 Å². The number of aliphatic hydroxyl groups is 1. The maximum Gasteiger partial charge on any atom is 0.328 e. The minimum Gasteiger partial charge on any atom is -0.512 e. The van der Waals surface area contributed by atoms with E-state index in [1.54, 1.807) is 17.0 Å². The van der Waals surface area contributed by atoms with Gasteiger partial charge < -0.3 is 15.4 Å². The van der Waals surface area contributed by atoms with Gasteiger partial charge in [0.2, 0.25) is 0 Å². The number of carbonyl (C=O) groups excluding carboxylic acids is 2. The van der Waals surface area contributed by atoms with Gasteiger partial charge in [-0.3, -0.25) is 14.6 Å². The Balaban J connectivity index is 1.38. The second-order valence-electron chi connectivity index (χ2n) is 10.7. The lowest BCUT2D eigenvalue weighted by Gasteiger charge is -2.43. The Morgan fingerprint density at radius 3 is 2.86 bits per heavy atom. The number of aromatic nitrogens is 1. The number of rotatable bonds is 7. The summed E-state index contributed by atoms with van der Waals surface area (Å²) in [6.45, 7) is 3.90. The molecule has 1 aromatic carbocycles. The van der Waals surface area contributed by atoms with Gasteiger partial charge in [0.1, 0.15) is 17.4 Å². The molecular formula is C27H30ClFN4O3. The van der Waals surface area contributed by atoms with Crippen molar-refractivity contribution in [2.75, 3.05) is 19.6 Å². The number of nitrogens with one attached hydrogen (secondary N) is 2. The highest BCUT2D eigenvalue weighted by Crippen LogP contribution is 2.50. The number of halogens is 2. The summed E-state index contributed by atoms with van der Waals surface area (Å²) in [6, 6.07) is 2.01. The number of aliphatic hydroxyl groups excluding tert-OH is 1. The van der Waals surface area contributed by atoms with E-state index in [1.165, 1.54) is 23.8 Å². The van der Waals surface area contributed by atoms with E-state index < -0.39 is 17.4 Å². The van der Waals surface area contributed by atoms with E-state index in [4.69, 9.17) is 11.6 Å². The molecule has 7 nitrogen and oxygen atoms in total. The van der Waals surface area contributed by atoms with Crippen molar-refractivity contribution in [1.29, 1.82) is 0 Å². The van der Waals surface area contributed by atoms with Crippen LogP contribution >= 0.6 is 11.6 Å². The summed E-state index contributed by atoms with van der Waals surface area (Å²) in [7, 11) is 0. The number of nitrogens with zero attached hydrogens (tertiary/aromatic N) is 2. The van der Waals surface area contributed by atoms with Crippen molar-refractivity contribution >= 4 is 34.4 Å². The van der Waals surface area contributed by atoms with Gasteiger partial charge >= 0.3 is 6.03 Å². The molecular weight excluding hydrogens is 483 g/mol. The highest BCUT2D eigenvalue weighted by atomic mass is 35.5. The summed E-state index contributed by atoms with van der Waals surface area (Å²) in [6.07, 6.45) is 8.38. The molecule has 6 rings (SSSR count). The van der Waals surface area contributed by atoms with Crippen molar-refractivity contribution in [2.24, 2.45) is 5.92 Å². The number of carbonyl (C=O) groups is 2. The molecule has 2 aliphatic heterocycles. The van der Waals surface area contributed by atoms with Gasteiger partial charge in [0.05, 0.1) is 10.8 Å². The zero-order chi connectivity index (χ0) is 25.2. The normalized spacial score (nSPS) is 25.8. The molecule has 3 amide bonds. The van der Waals surface area contributed by atoms with Crippen LogP contribution in [0.2, 0.25) is 5.02 Å². The van der Waals surface area contributed by atoms with Crippen molar-refractivity contribution in [3.63, 3.8) is 0 Å². The fourth-order valence-corrected chi connectivity index (χ4v) is 6.11. The number of hydrogen-bond donors (Lipinski definition) is 3. The summed E-state index contributed by atoms with van der Waals surface area (Å²) < 4.78 is 14.3. The Labute approximate surface area is 214 Å². The minimum atomic E-state index is -1.10. The number of amides is 3. The average Bonchev–Trinajstić information content (AvgIpc) is 3.58. The maximum atomic E-state index is 14.3. The van der Waals surface area contributed by atoms with Crippen LogP contribution in [-0.4, -0.2) is 57.0 Å². The largest absolute Gasteiger partial charge is 0.512 e. The van der Waals surface area contributed by atoms with Crippen molar-refractivity contribution in [3.05, 3.63) is 57.7 Å². The van der Waals surface area contributed by atoms with E-state index in [2.05, 4.69) is 10.3 Å². The molecule has 1 saturated carbocycles. The molecule has 2 atom stereocenters. The van der Waals surface area contributed by atoms with Crippen molar-refractivity contribution < 1.29 is 19.1 Å². The third-order valence-corrected chi connectivity index (χ3v) is 8.29. The van der Waals surface area contributed by atoms with Crippen LogP contribution in [0.3, 0.4) is 0 Å². The van der Waals surface area contributed by atoms with Crippen LogP contribution in [0.25, 0.3) is 10.9 Å². The standard InChI is InChI=1S/C27H30ClFN4O3/c1-27-13-19-18-11-20(28)21(29)12-22(18)31-23(19)24(16-4-2-5-17(34)10-16)33(27)26(36)32(25(27)35)9-3-8-30-14-15-6-7-15/h4,10-12,15,24,30-31,34H,2-3,5-9,13-14H2,1H3/t24-,27+/m1/s1. The van der Waals surface area contributed by atoms with Crippen LogP contribution in [0.15, 0.2) is 35.6 Å². The predicted molar refractivity (Wildman–Crippen MR) is 135 cm³/mol. The smallest absolute Gasteiger partial charge is 0.328 e. The number of imide groups is 1. The van der Waals surface area contributed by atoms with Crippen LogP contribution in [0.1, 0.15) is 56.3 Å². The Bertz CT molecular complexity index is 1330. The van der Waals surface area contributed by atoms with Crippen molar-refractivity contribution in [3.8, 4) is 0 Å². The molecule has 1 saturated heterocycles. The lowest BCUT2D eigenvalue weighted by molar-refractivity contribution is -0.133. The lowest BCUT2D eigenvalue weighted by Crippen LogP contribution is -2.53. The molecule has 0 unspecified atom stereocenters. The first-order valence-electron chi connectivity index (χ1n) is 12.7. The third-order valence-electron chi connectivity index (χ3n) is 8.00. The van der Waals surface area contributed by atoms with Gasteiger partial charge in [-0.25, -0.2) is 9.18 Å². The molecule has 3 heterocycles. The molecule has 0 spiro atoms. The number of aromatic amines is 1. The predicted octanol–water partition coefficient (Wildman–Crippen LogP) is 5.13. The van der Waals surface area contributed by atoms with Crippen LogP contribution in [0.5, 0.6) is 0 Å². The molecule has 0 bridgehead atoms. The SMILES string of the molecule is C[C@@]12Cc3c([nH]c4cc(F)c(Cl)cc34)[C@@H](C3=CCCC(O)=C3)N1C(=O)N(CCCNCC1CC1)C2=O. The minimum absolute atomic E-state index is 0.0111. The molecule has 1 aromatic heterocycles. The van der Waals surface area contributed by atoms with Gasteiger partial charge in [0, 0.05) is 36.0 Å². The Morgan fingerprint density at radius 2 is 2.11 bits per heavy atom. The second kappa shape index (κ2) is 8.63. The topological polar surface area (TPSA) is 88.7 Å². The van der Waals surface area contributed by atoms with Gasteiger partial charge in [-0.15, -0.1) is 0 Å². The third kappa shape index (κ3) is 3.73. The Kier molecular flexibility index (Phi) is 5.64. The Hall–Kier alpha value is -2.84. The average molecular weight is 513 g/mol. The fourth-order valence-electron chi connectivity index (χ4n) is 5.94. The first-order chi connectivity index (χ1) is 17.3. The summed E-state index contributed by atoms with van der Waals surface area (Å²) >= 11 is 6.13. The van der Waals surface area contributed by atoms with Crippen LogP contribution in [-0.2, 0) is 11.2 Å². The molecule has 3 N–H and O–H groups in total. The van der Waals surface area contributed by atoms with E-state index in [-0.39, 0.29) is 22.7 Å². The molecule has 4 aliphatic rings. The zero-order valence-corrected chi connectivity index (χ0v) is 21.0. The molecule has 2 fully saturated rings. The lowest BCUT2D eigenvalue weighted by atomic mass is 9.80. The van der Waals surface area contributed by atoms with E-state index in [1.807, 2.05) is 13.0 Å². The van der Waals surface area contributed by atoms with E-state index in [0.29, 0.717) is 37.7 Å². The van der Waals surface area contributed by atoms with Crippen LogP contribution in [0.4, 0.5) is 9.18 Å². The first-order valence-corrected chi connectivity index (χ1v) is 13.1. The highest BCUT2D eigenvalue weighted by molar-refractivity contribution is 6.31. The second-order valence-corrected chi connectivity index (χ2v) is 11.1. The van der Waals surface area contributed by atoms with Gasteiger partial charge in [-0.2, -0.15) is 0 Å². The van der Waals surface area contributed by atoms with Crippen LogP contribution < -0.4 is 5.32 Å². The number of urea groups is 1. The van der Waals surface area contributed by atoms with E-state index >= 15 is 0 Å². The quantitative estimate of drug-likeness (QED) is 0.354. The molecule has 36 heavy (non-hydrogen) atoms. The summed E-state index contributed by atoms with van der Waals surface area (Å²) in [5.74, 6) is 0.252. The molecule has 0 radical (unpaired) electrons. The fraction of sp³-hybridized carbons (Fsp3) is 0.481. The van der Waals surface area contributed by atoms with Crippen LogP contribution in [0, 0.1) is 11.7 Å². The van der Waals surface area contributed by atoms with Gasteiger partial charge in [-0.05, 0) is 81.0 Å². The van der Waals surface area contributed by atoms with E-state index in [0.717, 1.165) is 41.2 Å². The summed E-state index contributed by atoms with van der Waals surface area (Å²) in [5, 5.41) is 14.5. The first kappa shape index (κ1) is 23.6. The summed E-state index contributed by atoms with van der Waals surface area (Å²) in [4.78, 5) is 34.0. The van der Waals surface area contributed by atoms with E-state index in [9.17, 15) is 19.1 Å². The molecule has 2 aliphatic carbocycles. The van der Waals surface area contributed by atoms with Gasteiger partial charge in [0.15, 0.2) is 0 Å². The Morgan fingerprint density at radius 1 is 1.31 bits per heavy atom. The number of allylic oxidation sites excluding steroid dienone is 2. The molecule has 9 heteroatoms. The number of hydrogen-bond acceptors (Lipinski definition) is 4. The zero-order valence-electron chi connectivity index (χ0n) is 20.2. The van der Waals surface area contributed by atoms with Crippen molar-refractivity contribution in [2.45, 2.75) is 57.0 Å². The number of benzene rings is 1. The maximum absolute atomic E-state index is 14.3. The molecule has 2 aromatic rings. The monoisotopic (exact) mass is 512 g/mol. The summed E-state index contributed by atoms with van der Waals surface area (Å²) in [5.41, 5.74) is 1.80. The van der Waals surface area contributed by atoms with Gasteiger partial charge in [0.25, 0.3) is 5.91 Å². The number of H-pyrrole nitrogens is 1. The molecule has 190 valence electrons. The number of fused-ring (bicyclic) bond motifs is 4. The van der Waals surface area contributed by atoms with Gasteiger partial charge in [-0.1, -0.05) is 17.7 Å².